The molecule has 1 aromatic carbocycles. The molecule has 0 saturated heterocycles. The Hall–Kier alpha value is -2.04. The number of hydrogen-bond donors (Lipinski definition) is 2. The van der Waals surface area contributed by atoms with Gasteiger partial charge in [0.1, 0.15) is 0 Å². The van der Waals surface area contributed by atoms with Crippen LogP contribution in [0.3, 0.4) is 0 Å². The molecule has 0 bridgehead atoms. The Morgan fingerprint density at radius 3 is 2.27 bits per heavy atom. The average molecular weight is 208 g/mol. The van der Waals surface area contributed by atoms with Gasteiger partial charge in [0.2, 0.25) is 0 Å². The molecule has 0 spiro atoms. The van der Waals surface area contributed by atoms with Crippen LogP contribution < -0.4 is 11.5 Å². The van der Waals surface area contributed by atoms with Gasteiger partial charge in [-0.15, -0.1) is 0 Å². The number of nitrogen functional groups attached to an aromatic ring is 1. The standard InChI is InChI=1S/C10H12N2O3/c1-6(9(13)15-10(12)14)7-2-4-8(11)5-3-7/h2-6H,11H2,1H3,(H2,12,14). The van der Waals surface area contributed by atoms with Gasteiger partial charge in [-0.1, -0.05) is 12.1 Å². The number of primary amides is 1. The van der Waals surface area contributed by atoms with Crippen LogP contribution in [0, 0.1) is 0 Å². The van der Waals surface area contributed by atoms with Crippen molar-refractivity contribution in [3.05, 3.63) is 29.8 Å². The SMILES string of the molecule is CC(C(=O)OC(N)=O)c1ccc(N)cc1. The second-order valence-corrected chi connectivity index (χ2v) is 3.13. The molecule has 4 N–H and O–H groups in total. The van der Waals surface area contributed by atoms with Crippen LogP contribution in [0.25, 0.3) is 0 Å². The van der Waals surface area contributed by atoms with Crippen LogP contribution in [0.4, 0.5) is 10.5 Å². The molecule has 0 saturated carbocycles. The summed E-state index contributed by atoms with van der Waals surface area (Å²) in [6, 6.07) is 6.73. The number of nitrogens with two attached hydrogens (primary N) is 2. The minimum atomic E-state index is -1.10. The van der Waals surface area contributed by atoms with Crippen LogP contribution in [0.2, 0.25) is 0 Å². The number of esters is 1. The van der Waals surface area contributed by atoms with Crippen LogP contribution in [0.5, 0.6) is 0 Å². The molecule has 0 aliphatic heterocycles. The van der Waals surface area contributed by atoms with Crippen molar-refractivity contribution in [3.63, 3.8) is 0 Å². The molecular formula is C10H12N2O3. The first-order valence-electron chi connectivity index (χ1n) is 4.37. The van der Waals surface area contributed by atoms with Crippen LogP contribution in [0.1, 0.15) is 18.4 Å². The van der Waals surface area contributed by atoms with E-state index in [0.717, 1.165) is 5.56 Å². The summed E-state index contributed by atoms with van der Waals surface area (Å²) in [5, 5.41) is 0. The molecule has 0 aliphatic rings. The molecule has 0 radical (unpaired) electrons. The maximum Gasteiger partial charge on any atom is 0.412 e. The van der Waals surface area contributed by atoms with Crippen molar-refractivity contribution < 1.29 is 14.3 Å². The highest BCUT2D eigenvalue weighted by Crippen LogP contribution is 2.17. The molecule has 0 fully saturated rings. The van der Waals surface area contributed by atoms with E-state index in [-0.39, 0.29) is 0 Å². The number of rotatable bonds is 2. The Kier molecular flexibility index (Phi) is 3.28. The van der Waals surface area contributed by atoms with Crippen LogP contribution >= 0.6 is 0 Å². The summed E-state index contributed by atoms with van der Waals surface area (Å²) >= 11 is 0. The molecule has 15 heavy (non-hydrogen) atoms. The molecule has 80 valence electrons. The van der Waals surface area contributed by atoms with E-state index < -0.39 is 18.0 Å². The second-order valence-electron chi connectivity index (χ2n) is 3.13. The first kappa shape index (κ1) is 11.0. The predicted molar refractivity (Wildman–Crippen MR) is 54.9 cm³/mol. The molecule has 1 aromatic rings. The Bertz CT molecular complexity index is 373. The molecule has 1 atom stereocenters. The van der Waals surface area contributed by atoms with Gasteiger partial charge in [-0.25, -0.2) is 4.79 Å². The summed E-state index contributed by atoms with van der Waals surface area (Å²) in [6.45, 7) is 1.62. The van der Waals surface area contributed by atoms with Gasteiger partial charge in [-0.2, -0.15) is 0 Å². The lowest BCUT2D eigenvalue weighted by Gasteiger charge is -2.09. The summed E-state index contributed by atoms with van der Waals surface area (Å²) in [5.41, 5.74) is 11.5. The van der Waals surface area contributed by atoms with E-state index in [4.69, 9.17) is 11.5 Å². The van der Waals surface area contributed by atoms with Gasteiger partial charge in [-0.05, 0) is 24.6 Å². The van der Waals surface area contributed by atoms with E-state index in [2.05, 4.69) is 4.74 Å². The molecule has 1 rings (SSSR count). The van der Waals surface area contributed by atoms with Gasteiger partial charge in [0.25, 0.3) is 0 Å². The van der Waals surface area contributed by atoms with Gasteiger partial charge >= 0.3 is 12.1 Å². The Balaban J connectivity index is 2.76. The molecule has 1 unspecified atom stereocenters. The van der Waals surface area contributed by atoms with E-state index in [1.807, 2.05) is 0 Å². The Labute approximate surface area is 87.0 Å². The minimum absolute atomic E-state index is 0.543. The molecule has 0 heterocycles. The summed E-state index contributed by atoms with van der Waals surface area (Å²) in [5.74, 6) is -1.22. The van der Waals surface area contributed by atoms with E-state index in [1.54, 1.807) is 31.2 Å². The number of anilines is 1. The summed E-state index contributed by atoms with van der Waals surface area (Å²) in [6.07, 6.45) is -1.10. The third-order valence-corrected chi connectivity index (χ3v) is 1.99. The number of carbonyl (C=O) groups is 2. The predicted octanol–water partition coefficient (Wildman–Crippen LogP) is 0.994. The molecule has 0 aliphatic carbocycles. The van der Waals surface area contributed by atoms with Gasteiger partial charge in [0.05, 0.1) is 5.92 Å². The first-order valence-corrected chi connectivity index (χ1v) is 4.37. The molecule has 5 nitrogen and oxygen atoms in total. The largest absolute Gasteiger partial charge is 0.412 e. The van der Waals surface area contributed by atoms with E-state index >= 15 is 0 Å². The minimum Gasteiger partial charge on any atom is -0.399 e. The van der Waals surface area contributed by atoms with Crippen LogP contribution in [0.15, 0.2) is 24.3 Å². The highest BCUT2D eigenvalue weighted by atomic mass is 16.6. The zero-order valence-corrected chi connectivity index (χ0v) is 8.27. The zero-order chi connectivity index (χ0) is 11.4. The lowest BCUT2D eigenvalue weighted by atomic mass is 10.0. The number of carbonyl (C=O) groups excluding carboxylic acids is 2. The third-order valence-electron chi connectivity index (χ3n) is 1.99. The summed E-state index contributed by atoms with van der Waals surface area (Å²) < 4.78 is 4.27. The van der Waals surface area contributed by atoms with E-state index in [1.165, 1.54) is 0 Å². The van der Waals surface area contributed by atoms with Crippen LogP contribution in [-0.4, -0.2) is 12.1 Å². The fourth-order valence-corrected chi connectivity index (χ4v) is 1.11. The van der Waals surface area contributed by atoms with Crippen molar-refractivity contribution in [1.29, 1.82) is 0 Å². The number of benzene rings is 1. The normalized spacial score (nSPS) is 11.8. The highest BCUT2D eigenvalue weighted by molar-refractivity contribution is 5.87. The number of amides is 1. The van der Waals surface area contributed by atoms with Crippen molar-refractivity contribution in [2.24, 2.45) is 5.73 Å². The molecule has 5 heteroatoms. The lowest BCUT2D eigenvalue weighted by molar-refractivity contribution is -0.138. The van der Waals surface area contributed by atoms with Gasteiger partial charge in [-0.3, -0.25) is 4.79 Å². The quantitative estimate of drug-likeness (QED) is 0.430. The van der Waals surface area contributed by atoms with Crippen molar-refractivity contribution in [3.8, 4) is 0 Å². The second kappa shape index (κ2) is 4.45. The zero-order valence-electron chi connectivity index (χ0n) is 8.27. The highest BCUT2D eigenvalue weighted by Gasteiger charge is 2.18. The van der Waals surface area contributed by atoms with Crippen molar-refractivity contribution in [2.45, 2.75) is 12.8 Å². The van der Waals surface area contributed by atoms with Gasteiger partial charge < -0.3 is 16.2 Å². The summed E-state index contributed by atoms with van der Waals surface area (Å²) in [7, 11) is 0. The van der Waals surface area contributed by atoms with E-state index in [0.29, 0.717) is 5.69 Å². The Morgan fingerprint density at radius 1 is 1.27 bits per heavy atom. The first-order chi connectivity index (χ1) is 7.00. The van der Waals surface area contributed by atoms with Crippen molar-refractivity contribution in [1.82, 2.24) is 0 Å². The number of ether oxygens (including phenoxy) is 1. The number of hydrogen-bond acceptors (Lipinski definition) is 4. The van der Waals surface area contributed by atoms with Crippen LogP contribution in [-0.2, 0) is 9.53 Å². The lowest BCUT2D eigenvalue weighted by Crippen LogP contribution is -2.22. The fraction of sp³-hybridized carbons (Fsp3) is 0.200. The van der Waals surface area contributed by atoms with E-state index in [9.17, 15) is 9.59 Å². The average Bonchev–Trinajstić information content (AvgIpc) is 2.17. The molecule has 0 aromatic heterocycles. The van der Waals surface area contributed by atoms with Crippen molar-refractivity contribution in [2.75, 3.05) is 5.73 Å². The summed E-state index contributed by atoms with van der Waals surface area (Å²) in [4.78, 5) is 21.6. The van der Waals surface area contributed by atoms with Gasteiger partial charge in [0, 0.05) is 5.69 Å². The Morgan fingerprint density at radius 2 is 1.80 bits per heavy atom. The maximum absolute atomic E-state index is 11.3. The molecule has 1 amide bonds. The monoisotopic (exact) mass is 208 g/mol. The smallest absolute Gasteiger partial charge is 0.399 e. The topological polar surface area (TPSA) is 95.4 Å². The van der Waals surface area contributed by atoms with Gasteiger partial charge in [0.15, 0.2) is 0 Å². The third kappa shape index (κ3) is 2.98. The fourth-order valence-electron chi connectivity index (χ4n) is 1.11. The molecular weight excluding hydrogens is 196 g/mol. The maximum atomic E-state index is 11.3. The van der Waals surface area contributed by atoms with Crippen molar-refractivity contribution >= 4 is 17.7 Å².